The Kier molecular flexibility index (Phi) is 7.60. The summed E-state index contributed by atoms with van der Waals surface area (Å²) in [5.74, 6) is 3.53. The van der Waals surface area contributed by atoms with Crippen molar-refractivity contribution < 1.29 is 4.74 Å². The molecule has 4 aromatic rings. The third kappa shape index (κ3) is 5.28. The molecular formula is C29H26OSn. The Morgan fingerprint density at radius 1 is 0.548 bits per heavy atom. The molecule has 0 atom stereocenters. The first kappa shape index (κ1) is 21.4. The average Bonchev–Trinajstić information content (AvgIpc) is 2.86. The Bertz CT molecular complexity index is 1020. The van der Waals surface area contributed by atoms with E-state index in [1.54, 1.807) is 0 Å². The second-order valence-corrected chi connectivity index (χ2v) is 17.4. The van der Waals surface area contributed by atoms with Gasteiger partial charge in [-0.2, -0.15) is 0 Å². The van der Waals surface area contributed by atoms with E-state index in [1.807, 2.05) is 18.2 Å². The normalized spacial score (nSPS) is 10.8. The van der Waals surface area contributed by atoms with Gasteiger partial charge in [0.25, 0.3) is 0 Å². The van der Waals surface area contributed by atoms with Crippen LogP contribution in [0.5, 0.6) is 0 Å². The van der Waals surface area contributed by atoms with Gasteiger partial charge in [0.15, 0.2) is 0 Å². The van der Waals surface area contributed by atoms with Crippen molar-refractivity contribution in [1.82, 2.24) is 0 Å². The maximum absolute atomic E-state index is 5.87. The summed E-state index contributed by atoms with van der Waals surface area (Å²) in [5, 5.41) is 0. The monoisotopic (exact) mass is 510 g/mol. The molecule has 0 heterocycles. The molecule has 0 amide bonds. The molecule has 4 rings (SSSR count). The van der Waals surface area contributed by atoms with Crippen molar-refractivity contribution in [1.29, 1.82) is 0 Å². The van der Waals surface area contributed by atoms with E-state index in [0.717, 1.165) is 6.42 Å². The fourth-order valence-electron chi connectivity index (χ4n) is 3.86. The minimum atomic E-state index is -3.46. The Hall–Kier alpha value is -2.80. The number of hydrogen-bond donors (Lipinski definition) is 0. The molecule has 1 nitrogen and oxygen atoms in total. The summed E-state index contributed by atoms with van der Waals surface area (Å²) in [5.41, 5.74) is 1.20. The van der Waals surface area contributed by atoms with Crippen LogP contribution in [-0.4, -0.2) is 25.0 Å². The Labute approximate surface area is 189 Å². The van der Waals surface area contributed by atoms with Gasteiger partial charge >= 0.3 is 190 Å². The summed E-state index contributed by atoms with van der Waals surface area (Å²) in [6, 6.07) is 42.9. The van der Waals surface area contributed by atoms with Crippen molar-refractivity contribution >= 4 is 29.1 Å². The Morgan fingerprint density at radius 2 is 0.968 bits per heavy atom. The van der Waals surface area contributed by atoms with Crippen LogP contribution in [0.25, 0.3) is 0 Å². The first-order valence-electron chi connectivity index (χ1n) is 10.7. The molecule has 0 aliphatic carbocycles. The van der Waals surface area contributed by atoms with Crippen molar-refractivity contribution in [2.24, 2.45) is 0 Å². The Morgan fingerprint density at radius 3 is 1.42 bits per heavy atom. The second-order valence-electron chi connectivity index (χ2n) is 7.44. The molecule has 152 valence electrons. The van der Waals surface area contributed by atoms with E-state index < -0.39 is 18.4 Å². The number of benzene rings is 4. The topological polar surface area (TPSA) is 9.23 Å². The van der Waals surface area contributed by atoms with Crippen molar-refractivity contribution in [2.75, 3.05) is 6.61 Å². The van der Waals surface area contributed by atoms with Gasteiger partial charge in [-0.15, -0.1) is 0 Å². The van der Waals surface area contributed by atoms with Crippen LogP contribution < -0.4 is 10.7 Å². The van der Waals surface area contributed by atoms with Gasteiger partial charge in [0.1, 0.15) is 0 Å². The third-order valence-corrected chi connectivity index (χ3v) is 17.2. The van der Waals surface area contributed by atoms with Gasteiger partial charge in [0.2, 0.25) is 0 Å². The van der Waals surface area contributed by atoms with Gasteiger partial charge in [-0.1, -0.05) is 0 Å². The standard InChI is InChI=1S/C11H11O.3C6H5.Sn/c1-2-3-9-12-10-11-7-5-4-6-8-11;3*1-2-4-6-5-3-1;/h4-8H,3,9-10H2;3*1-5H;. The van der Waals surface area contributed by atoms with Crippen molar-refractivity contribution in [2.45, 2.75) is 13.0 Å². The minimum absolute atomic E-state index is 0.632. The van der Waals surface area contributed by atoms with Crippen molar-refractivity contribution in [3.05, 3.63) is 127 Å². The molecular weight excluding hydrogens is 483 g/mol. The maximum atomic E-state index is 5.87. The van der Waals surface area contributed by atoms with E-state index in [1.165, 1.54) is 16.3 Å². The molecule has 0 spiro atoms. The molecule has 0 fully saturated rings. The predicted molar refractivity (Wildman–Crippen MR) is 132 cm³/mol. The molecule has 0 unspecified atom stereocenters. The van der Waals surface area contributed by atoms with Gasteiger partial charge < -0.3 is 0 Å². The van der Waals surface area contributed by atoms with Crippen LogP contribution in [0.4, 0.5) is 0 Å². The summed E-state index contributed by atoms with van der Waals surface area (Å²) in [6.07, 6.45) is 0.734. The van der Waals surface area contributed by atoms with Crippen LogP contribution in [0, 0.1) is 9.86 Å². The average molecular weight is 509 g/mol. The predicted octanol–water partition coefficient (Wildman–Crippen LogP) is 4.31. The fourth-order valence-corrected chi connectivity index (χ4v) is 15.0. The number of rotatable bonds is 7. The summed E-state index contributed by atoms with van der Waals surface area (Å²) in [6.45, 7) is 1.27. The van der Waals surface area contributed by atoms with Gasteiger partial charge in [-0.25, -0.2) is 0 Å². The molecule has 0 aromatic heterocycles. The van der Waals surface area contributed by atoms with Crippen LogP contribution in [0.15, 0.2) is 121 Å². The third-order valence-electron chi connectivity index (χ3n) is 5.38. The zero-order valence-electron chi connectivity index (χ0n) is 17.6. The first-order valence-corrected chi connectivity index (χ1v) is 16.4. The summed E-state index contributed by atoms with van der Waals surface area (Å²) in [4.78, 5) is 0. The van der Waals surface area contributed by atoms with E-state index in [-0.39, 0.29) is 0 Å². The Balaban J connectivity index is 1.64. The number of ether oxygens (including phenoxy) is 1. The molecule has 31 heavy (non-hydrogen) atoms. The van der Waals surface area contributed by atoms with Gasteiger partial charge in [0, 0.05) is 0 Å². The van der Waals surface area contributed by atoms with Gasteiger partial charge in [0.05, 0.1) is 0 Å². The van der Waals surface area contributed by atoms with Crippen LogP contribution >= 0.6 is 0 Å². The van der Waals surface area contributed by atoms with Gasteiger partial charge in [-0.3, -0.25) is 0 Å². The summed E-state index contributed by atoms with van der Waals surface area (Å²) in [7, 11) is 0. The molecule has 0 radical (unpaired) electrons. The van der Waals surface area contributed by atoms with E-state index in [4.69, 9.17) is 4.74 Å². The second kappa shape index (κ2) is 11.0. The quantitative estimate of drug-likeness (QED) is 0.205. The fraction of sp³-hybridized carbons (Fsp3) is 0.103. The van der Waals surface area contributed by atoms with E-state index in [0.29, 0.717) is 13.2 Å². The molecule has 0 aliphatic rings. The van der Waals surface area contributed by atoms with Gasteiger partial charge in [-0.05, 0) is 0 Å². The molecule has 0 N–H and O–H groups in total. The van der Waals surface area contributed by atoms with Crippen LogP contribution in [-0.2, 0) is 11.3 Å². The van der Waals surface area contributed by atoms with Crippen LogP contribution in [0.1, 0.15) is 12.0 Å². The van der Waals surface area contributed by atoms with E-state index >= 15 is 0 Å². The first-order chi connectivity index (χ1) is 15.4. The molecule has 0 saturated carbocycles. The van der Waals surface area contributed by atoms with Crippen molar-refractivity contribution in [3.63, 3.8) is 0 Å². The summed E-state index contributed by atoms with van der Waals surface area (Å²) < 4.78 is 13.9. The zero-order valence-corrected chi connectivity index (χ0v) is 20.4. The zero-order chi connectivity index (χ0) is 21.2. The van der Waals surface area contributed by atoms with E-state index in [9.17, 15) is 0 Å². The molecule has 0 aliphatic heterocycles. The van der Waals surface area contributed by atoms with Crippen LogP contribution in [0.3, 0.4) is 0 Å². The SMILES string of the molecule is C(#[C][Sn]([c]1ccccc1)([c]1ccccc1)[c]1ccccc1)CCOCc1ccccc1. The molecule has 0 saturated heterocycles. The molecule has 2 heteroatoms. The van der Waals surface area contributed by atoms with Crippen molar-refractivity contribution in [3.8, 4) is 9.86 Å². The van der Waals surface area contributed by atoms with Crippen LogP contribution in [0.2, 0.25) is 0 Å². The molecule has 4 aromatic carbocycles. The number of hydrogen-bond acceptors (Lipinski definition) is 1. The summed E-state index contributed by atoms with van der Waals surface area (Å²) >= 11 is -3.46. The van der Waals surface area contributed by atoms with E-state index in [2.05, 4.69) is 113 Å². The molecule has 0 bridgehead atoms.